The van der Waals surface area contributed by atoms with Crippen LogP contribution < -0.4 is 0 Å². The Morgan fingerprint density at radius 1 is 0.604 bits per heavy atom. The van der Waals surface area contributed by atoms with Crippen molar-refractivity contribution >= 4 is 5.97 Å². The van der Waals surface area contributed by atoms with Crippen LogP contribution in [0.1, 0.15) is 162 Å². The second kappa shape index (κ2) is 35.8. The van der Waals surface area contributed by atoms with Crippen molar-refractivity contribution in [2.75, 3.05) is 26.4 Å². The van der Waals surface area contributed by atoms with E-state index in [1.807, 2.05) is 0 Å². The molecule has 0 aromatic carbocycles. The molecule has 0 spiro atoms. The maximum Gasteiger partial charge on any atom is 0.306 e. The molecule has 1 aliphatic heterocycles. The van der Waals surface area contributed by atoms with Gasteiger partial charge in [0.15, 0.2) is 6.29 Å². The monoisotopic (exact) mass is 751 g/mol. The molecule has 9 heteroatoms. The zero-order valence-corrected chi connectivity index (χ0v) is 33.5. The summed E-state index contributed by atoms with van der Waals surface area (Å²) in [6, 6.07) is 0. The number of carbonyl (C=O) groups is 1. The van der Waals surface area contributed by atoms with Crippen LogP contribution in [-0.4, -0.2) is 89.6 Å². The summed E-state index contributed by atoms with van der Waals surface area (Å²) in [6.07, 6.45) is 35.6. The van der Waals surface area contributed by atoms with E-state index in [9.17, 15) is 25.2 Å². The molecule has 1 aliphatic rings. The number of hydrogen-bond acceptors (Lipinski definition) is 9. The number of rotatable bonds is 35. The summed E-state index contributed by atoms with van der Waals surface area (Å²) in [7, 11) is 0. The molecule has 0 aromatic heterocycles. The highest BCUT2D eigenvalue weighted by atomic mass is 16.7. The third-order valence-corrected chi connectivity index (χ3v) is 9.47. The van der Waals surface area contributed by atoms with E-state index in [0.29, 0.717) is 13.0 Å². The van der Waals surface area contributed by atoms with Crippen molar-refractivity contribution in [2.45, 2.75) is 198 Å². The van der Waals surface area contributed by atoms with Crippen LogP contribution in [-0.2, 0) is 23.7 Å². The molecule has 0 aromatic rings. The summed E-state index contributed by atoms with van der Waals surface area (Å²) in [6.45, 7) is 4.44. The molecule has 0 radical (unpaired) electrons. The molecule has 1 saturated heterocycles. The average Bonchev–Trinajstić information content (AvgIpc) is 3.16. The Kier molecular flexibility index (Phi) is 33.2. The van der Waals surface area contributed by atoms with Gasteiger partial charge in [0.2, 0.25) is 0 Å². The average molecular weight is 751 g/mol. The molecule has 6 atom stereocenters. The van der Waals surface area contributed by atoms with Crippen molar-refractivity contribution in [1.29, 1.82) is 0 Å². The molecule has 0 aliphatic carbocycles. The van der Waals surface area contributed by atoms with E-state index in [-0.39, 0.29) is 19.2 Å². The normalized spacial score (nSPS) is 21.5. The Morgan fingerprint density at radius 3 is 1.68 bits per heavy atom. The van der Waals surface area contributed by atoms with Crippen LogP contribution in [0.15, 0.2) is 48.6 Å². The molecular formula is C44H78O9. The van der Waals surface area contributed by atoms with Crippen LogP contribution in [0.3, 0.4) is 0 Å². The number of carbonyl (C=O) groups excluding carboxylic acids is 1. The van der Waals surface area contributed by atoms with Crippen LogP contribution in [0.25, 0.3) is 0 Å². The van der Waals surface area contributed by atoms with Gasteiger partial charge < -0.3 is 39.4 Å². The minimum atomic E-state index is -1.54. The summed E-state index contributed by atoms with van der Waals surface area (Å²) in [5.41, 5.74) is 0. The van der Waals surface area contributed by atoms with Gasteiger partial charge >= 0.3 is 5.97 Å². The number of allylic oxidation sites excluding steroid dienone is 8. The van der Waals surface area contributed by atoms with Crippen LogP contribution in [0.2, 0.25) is 0 Å². The first-order valence-corrected chi connectivity index (χ1v) is 21.2. The van der Waals surface area contributed by atoms with Crippen molar-refractivity contribution in [3.63, 3.8) is 0 Å². The van der Waals surface area contributed by atoms with Crippen LogP contribution in [0, 0.1) is 0 Å². The topological polar surface area (TPSA) is 135 Å². The van der Waals surface area contributed by atoms with Crippen LogP contribution >= 0.6 is 0 Å². The van der Waals surface area contributed by atoms with E-state index in [0.717, 1.165) is 77.0 Å². The summed E-state index contributed by atoms with van der Waals surface area (Å²) < 4.78 is 22.7. The number of unbranched alkanes of at least 4 members (excludes halogenated alkanes) is 16. The molecule has 308 valence electrons. The molecule has 1 heterocycles. The number of hydrogen-bond donors (Lipinski definition) is 4. The molecule has 53 heavy (non-hydrogen) atoms. The predicted molar refractivity (Wildman–Crippen MR) is 215 cm³/mol. The highest BCUT2D eigenvalue weighted by Gasteiger charge is 2.44. The van der Waals surface area contributed by atoms with Crippen LogP contribution in [0.4, 0.5) is 0 Å². The van der Waals surface area contributed by atoms with Crippen molar-refractivity contribution < 1.29 is 44.2 Å². The molecule has 9 nitrogen and oxygen atoms in total. The first-order valence-electron chi connectivity index (χ1n) is 21.2. The van der Waals surface area contributed by atoms with Gasteiger partial charge in [0.1, 0.15) is 30.5 Å². The molecule has 0 bridgehead atoms. The van der Waals surface area contributed by atoms with E-state index in [2.05, 4.69) is 62.5 Å². The van der Waals surface area contributed by atoms with Gasteiger partial charge in [0.25, 0.3) is 0 Å². The summed E-state index contributed by atoms with van der Waals surface area (Å²) in [5, 5.41) is 40.0. The van der Waals surface area contributed by atoms with E-state index >= 15 is 0 Å². The fraction of sp³-hybridized carbons (Fsp3) is 0.795. The van der Waals surface area contributed by atoms with E-state index in [4.69, 9.17) is 18.9 Å². The quantitative estimate of drug-likeness (QED) is 0.0285. The third-order valence-electron chi connectivity index (χ3n) is 9.47. The standard InChI is InChI=1S/C44H78O9/c1-3-5-7-9-11-13-15-17-19-20-22-24-26-28-30-32-34-50-36-38(37-51-44-43(49)42(48)41(47)39(35-45)53-44)52-40(46)33-31-29-27-25-23-21-18-16-14-12-10-8-6-4-2/h10-13,16-19,38-39,41-45,47-49H,3-9,14-15,20-37H2,1-2H3/b12-10-,13-11-,18-16-,19-17-. The lowest BCUT2D eigenvalue weighted by Crippen LogP contribution is -2.59. The Balaban J connectivity index is 2.31. The summed E-state index contributed by atoms with van der Waals surface area (Å²) in [4.78, 5) is 12.7. The molecule has 0 amide bonds. The highest BCUT2D eigenvalue weighted by Crippen LogP contribution is 2.22. The Labute approximate surface area is 322 Å². The minimum absolute atomic E-state index is 0.125. The van der Waals surface area contributed by atoms with Gasteiger partial charge in [-0.3, -0.25) is 4.79 Å². The molecule has 1 fully saturated rings. The fourth-order valence-electron chi connectivity index (χ4n) is 6.07. The number of aliphatic hydroxyl groups excluding tert-OH is 4. The largest absolute Gasteiger partial charge is 0.457 e. The second-order valence-corrected chi connectivity index (χ2v) is 14.4. The number of aliphatic hydroxyl groups is 4. The first-order chi connectivity index (χ1) is 25.9. The van der Waals surface area contributed by atoms with Gasteiger partial charge in [-0.25, -0.2) is 0 Å². The second-order valence-electron chi connectivity index (χ2n) is 14.4. The first kappa shape index (κ1) is 49.2. The van der Waals surface area contributed by atoms with E-state index < -0.39 is 43.4 Å². The van der Waals surface area contributed by atoms with Crippen LogP contribution in [0.5, 0.6) is 0 Å². The Morgan fingerprint density at radius 2 is 1.11 bits per heavy atom. The van der Waals surface area contributed by atoms with E-state index in [1.54, 1.807) is 0 Å². The lowest BCUT2D eigenvalue weighted by Gasteiger charge is -2.39. The Hall–Kier alpha value is -1.85. The van der Waals surface area contributed by atoms with Gasteiger partial charge in [0.05, 0.1) is 19.8 Å². The fourth-order valence-corrected chi connectivity index (χ4v) is 6.07. The Bertz CT molecular complexity index is 947. The highest BCUT2D eigenvalue weighted by molar-refractivity contribution is 5.69. The zero-order chi connectivity index (χ0) is 38.6. The molecule has 4 N–H and O–H groups in total. The molecular weight excluding hydrogens is 672 g/mol. The predicted octanol–water partition coefficient (Wildman–Crippen LogP) is 8.97. The van der Waals surface area contributed by atoms with Crippen molar-refractivity contribution in [3.05, 3.63) is 48.6 Å². The van der Waals surface area contributed by atoms with Gasteiger partial charge in [-0.05, 0) is 70.6 Å². The van der Waals surface area contributed by atoms with Gasteiger partial charge in [-0.2, -0.15) is 0 Å². The third kappa shape index (κ3) is 27.4. The molecule has 6 unspecified atom stereocenters. The number of esters is 1. The minimum Gasteiger partial charge on any atom is -0.457 e. The van der Waals surface area contributed by atoms with Gasteiger partial charge in [0, 0.05) is 13.0 Å². The zero-order valence-electron chi connectivity index (χ0n) is 33.5. The van der Waals surface area contributed by atoms with Crippen molar-refractivity contribution in [3.8, 4) is 0 Å². The summed E-state index contributed by atoms with van der Waals surface area (Å²) >= 11 is 0. The molecule has 1 rings (SSSR count). The van der Waals surface area contributed by atoms with Crippen molar-refractivity contribution in [2.24, 2.45) is 0 Å². The van der Waals surface area contributed by atoms with Gasteiger partial charge in [-0.1, -0.05) is 133 Å². The van der Waals surface area contributed by atoms with Crippen molar-refractivity contribution in [1.82, 2.24) is 0 Å². The lowest BCUT2D eigenvalue weighted by atomic mass is 9.99. The summed E-state index contributed by atoms with van der Waals surface area (Å²) in [5.74, 6) is -0.334. The molecule has 0 saturated carbocycles. The van der Waals surface area contributed by atoms with Gasteiger partial charge in [-0.15, -0.1) is 0 Å². The SMILES string of the molecule is CCCC/C=C\C/C=C\CCCCCCCC(=O)OC(COCCCCCCCC/C=C\C/C=C\CCCCC)COC1OC(CO)C(O)C(O)C1O. The lowest BCUT2D eigenvalue weighted by molar-refractivity contribution is -0.305. The maximum atomic E-state index is 12.7. The smallest absolute Gasteiger partial charge is 0.306 e. The maximum absolute atomic E-state index is 12.7. The number of ether oxygens (including phenoxy) is 4. The van der Waals surface area contributed by atoms with E-state index in [1.165, 1.54) is 64.2 Å².